The van der Waals surface area contributed by atoms with Gasteiger partial charge in [0.1, 0.15) is 5.58 Å². The molecule has 0 aliphatic rings. The lowest BCUT2D eigenvalue weighted by atomic mass is 10.3. The monoisotopic (exact) mass is 1130 g/mol. The van der Waals surface area contributed by atoms with Crippen LogP contribution in [0.15, 0.2) is 205 Å². The lowest BCUT2D eigenvalue weighted by molar-refractivity contribution is -0.140. The molecule has 10 heteroatoms. The molecule has 0 unspecified atom stereocenters. The predicted octanol–water partition coefficient (Wildman–Crippen LogP) is 24.1. The van der Waals surface area contributed by atoms with E-state index >= 15 is 0 Å². The molecule has 0 fully saturated rings. The Kier molecular flexibility index (Phi) is 72.6. The van der Waals surface area contributed by atoms with Gasteiger partial charge in [0.15, 0.2) is 0 Å². The second kappa shape index (κ2) is 67.6. The highest BCUT2D eigenvalue weighted by atomic mass is 32.1. The number of ether oxygens (including phenoxy) is 1. The van der Waals surface area contributed by atoms with Gasteiger partial charge in [0, 0.05) is 41.0 Å². The van der Waals surface area contributed by atoms with E-state index in [4.69, 9.17) is 4.42 Å². The van der Waals surface area contributed by atoms with Crippen LogP contribution in [0.5, 0.6) is 0 Å². The Morgan fingerprint density at radius 1 is 0.423 bits per heavy atom. The van der Waals surface area contributed by atoms with E-state index in [0.29, 0.717) is 6.61 Å². The number of carbonyl (C=O) groups excluding carboxylic acids is 1. The summed E-state index contributed by atoms with van der Waals surface area (Å²) in [6.45, 7) is 49.2. The zero-order valence-corrected chi connectivity index (χ0v) is 55.3. The van der Waals surface area contributed by atoms with Crippen molar-refractivity contribution in [1.29, 1.82) is 0 Å². The fourth-order valence-electron chi connectivity index (χ4n) is 3.18. The normalized spacial score (nSPS) is 8.85. The number of benzene rings is 2. The quantitative estimate of drug-likeness (QED) is 0.151. The number of furan rings is 3. The van der Waals surface area contributed by atoms with Gasteiger partial charge in [-0.3, -0.25) is 14.8 Å². The first-order chi connectivity index (χ1) is 36.8. The number of fused-ring (bicyclic) bond motifs is 2. The van der Waals surface area contributed by atoms with Gasteiger partial charge in [-0.15, -0.1) is 22.7 Å². The molecule has 9 rings (SSSR count). The van der Waals surface area contributed by atoms with Crippen LogP contribution in [0.1, 0.15) is 159 Å². The third kappa shape index (κ3) is 103. The first-order valence-electron chi connectivity index (χ1n) is 27.4. The summed E-state index contributed by atoms with van der Waals surface area (Å²) in [4.78, 5) is 17.3. The zero-order valence-electron chi connectivity index (χ0n) is 52.9. The maximum absolute atomic E-state index is 9.82. The number of aromatic nitrogens is 2. The van der Waals surface area contributed by atoms with Crippen molar-refractivity contribution < 1.29 is 22.8 Å². The summed E-state index contributed by atoms with van der Waals surface area (Å²) >= 11 is 5.10. The number of rotatable bonds is 1. The lowest BCUT2D eigenvalue weighted by Crippen LogP contribution is -1.95. The molecular weight excluding hydrogens is 1020 g/mol. The van der Waals surface area contributed by atoms with E-state index in [1.807, 2.05) is 101 Å². The van der Waals surface area contributed by atoms with Crippen LogP contribution >= 0.6 is 34.0 Å². The molecule has 9 aromatic rings. The minimum Gasteiger partial charge on any atom is -0.473 e. The Morgan fingerprint density at radius 2 is 0.833 bits per heavy atom. The van der Waals surface area contributed by atoms with E-state index in [-0.39, 0.29) is 5.97 Å². The lowest BCUT2D eigenvalue weighted by Gasteiger charge is -1.89. The van der Waals surface area contributed by atoms with Crippen molar-refractivity contribution in [3.63, 3.8) is 0 Å². The van der Waals surface area contributed by atoms with Crippen LogP contribution in [0.2, 0.25) is 0 Å². The van der Waals surface area contributed by atoms with Crippen LogP contribution in [-0.4, -0.2) is 22.5 Å². The van der Waals surface area contributed by atoms with Gasteiger partial charge in [0.25, 0.3) is 0 Å². The highest BCUT2D eigenvalue weighted by Gasteiger charge is 1.90. The van der Waals surface area contributed by atoms with Crippen molar-refractivity contribution in [2.24, 2.45) is 41.4 Å². The molecule has 78 heavy (non-hydrogen) atoms. The van der Waals surface area contributed by atoms with Gasteiger partial charge in [0.05, 0.1) is 43.4 Å². The molecule has 0 atom stereocenters. The summed E-state index contributed by atoms with van der Waals surface area (Å²) in [5.41, 5.74) is 2.75. The molecule has 0 aliphatic carbocycles. The van der Waals surface area contributed by atoms with E-state index in [9.17, 15) is 4.79 Å². The molecule has 0 aliphatic heterocycles. The highest BCUT2D eigenvalue weighted by Crippen LogP contribution is 2.19. The van der Waals surface area contributed by atoms with Gasteiger partial charge in [-0.25, -0.2) is 0 Å². The first kappa shape index (κ1) is 83.8. The number of para-hydroxylation sites is 1. The Morgan fingerprint density at radius 3 is 1.08 bits per heavy atom. The van der Waals surface area contributed by atoms with E-state index < -0.39 is 0 Å². The van der Waals surface area contributed by atoms with Crippen LogP contribution in [-0.2, 0) is 9.53 Å². The van der Waals surface area contributed by atoms with Gasteiger partial charge < -0.3 is 18.0 Å². The van der Waals surface area contributed by atoms with Crippen molar-refractivity contribution in [3.8, 4) is 0 Å². The van der Waals surface area contributed by atoms with Crippen molar-refractivity contribution in [3.05, 3.63) is 192 Å². The number of pyridine rings is 1. The molecule has 0 bridgehead atoms. The molecule has 440 valence electrons. The third-order valence-corrected chi connectivity index (χ3v) is 7.31. The number of hydrogen-bond acceptors (Lipinski definition) is 10. The summed E-state index contributed by atoms with van der Waals surface area (Å²) in [5, 5.41) is 10.6. The largest absolute Gasteiger partial charge is 0.473 e. The molecule has 7 heterocycles. The van der Waals surface area contributed by atoms with E-state index in [0.717, 1.165) is 52.4 Å². The average molecular weight is 1130 g/mol. The summed E-state index contributed by atoms with van der Waals surface area (Å²) in [6, 6.07) is 37.5. The van der Waals surface area contributed by atoms with Crippen LogP contribution in [0, 0.1) is 41.4 Å². The maximum Gasteiger partial charge on any atom is 0.302 e. The molecule has 2 aromatic carbocycles. The molecule has 0 N–H and O–H groups in total. The number of thiophene rings is 2. The molecule has 0 spiro atoms. The first-order valence-corrected chi connectivity index (χ1v) is 30.2. The Hall–Kier alpha value is -5.55. The molecule has 0 saturated heterocycles. The Labute approximate surface area is 490 Å². The third-order valence-electron chi connectivity index (χ3n) is 5.26. The number of thiazole rings is 1. The van der Waals surface area contributed by atoms with Gasteiger partial charge in [-0.2, -0.15) is 11.3 Å². The van der Waals surface area contributed by atoms with Crippen LogP contribution < -0.4 is 0 Å². The number of hydrogen-bond donors (Lipinski definition) is 0. The van der Waals surface area contributed by atoms with Crippen molar-refractivity contribution in [1.82, 2.24) is 9.97 Å². The number of carbonyl (C=O) groups is 1. The molecule has 7 aromatic heterocycles. The van der Waals surface area contributed by atoms with E-state index in [2.05, 4.69) is 205 Å². The minimum absolute atomic E-state index is 0.211. The fraction of sp³-hybridized carbons (Fsp3) is 0.456. The van der Waals surface area contributed by atoms with Gasteiger partial charge in [-0.05, 0) is 131 Å². The van der Waals surface area contributed by atoms with Crippen LogP contribution in [0.3, 0.4) is 0 Å². The molecule has 0 saturated carbocycles. The fourth-order valence-corrected chi connectivity index (χ4v) is 4.78. The standard InChI is InChI=1S/C8H6O.C8H6S.C5H5N.C4H8O2.2C4H4O.C4H4S.7C4H10.C3H3NS/c2*1-2-4-8-7(3-1)5-6-9-8;1-2-4-6-5-3-1;1-3-6-4(2)5;3*1-2-4-5-3-1;7*1-4(2)3;1-2-5-3-4-1/h2*1-6H;1-5H;3H2,1-2H3;3*1-4H;7*4H,1-3H3;1-3H. The highest BCUT2D eigenvalue weighted by molar-refractivity contribution is 7.17. The van der Waals surface area contributed by atoms with Crippen molar-refractivity contribution in [2.75, 3.05) is 6.61 Å². The molecule has 7 nitrogen and oxygen atoms in total. The van der Waals surface area contributed by atoms with E-state index in [1.165, 1.54) is 17.0 Å². The van der Waals surface area contributed by atoms with E-state index in [1.54, 1.807) is 96.4 Å². The smallest absolute Gasteiger partial charge is 0.302 e. The second-order valence-electron chi connectivity index (χ2n) is 21.0. The molecular formula is C68H110N2O5S3. The number of nitrogens with zero attached hydrogens (tertiary/aromatic N) is 2. The SMILES string of the molecule is CC(C)C.CC(C)C.CC(C)C.CC(C)C.CC(C)C.CC(C)C.CC(C)C.CCOC(C)=O.c1ccc2occc2c1.c1ccc2sccc2c1.c1ccncc1.c1ccoc1.c1ccoc1.c1ccsc1.c1cscn1. The predicted molar refractivity (Wildman–Crippen MR) is 352 cm³/mol. The molecule has 0 amide bonds. The van der Waals surface area contributed by atoms with Crippen molar-refractivity contribution in [2.45, 2.75) is 159 Å². The summed E-state index contributed by atoms with van der Waals surface area (Å²) < 4.78 is 20.1. The van der Waals surface area contributed by atoms with Gasteiger partial charge in [-0.1, -0.05) is 200 Å². The summed E-state index contributed by atoms with van der Waals surface area (Å²) in [5.74, 6) is 5.62. The summed E-state index contributed by atoms with van der Waals surface area (Å²) in [7, 11) is 0. The molecule has 0 radical (unpaired) electrons. The Bertz CT molecular complexity index is 1860. The summed E-state index contributed by atoms with van der Waals surface area (Å²) in [6.07, 6.45) is 13.5. The van der Waals surface area contributed by atoms with Crippen LogP contribution in [0.4, 0.5) is 0 Å². The maximum atomic E-state index is 9.82. The number of esters is 1. The van der Waals surface area contributed by atoms with Gasteiger partial charge >= 0.3 is 5.97 Å². The van der Waals surface area contributed by atoms with Gasteiger partial charge in [0.2, 0.25) is 0 Å². The van der Waals surface area contributed by atoms with Crippen molar-refractivity contribution >= 4 is 61.0 Å². The zero-order chi connectivity index (χ0) is 60.6. The second-order valence-corrected chi connectivity index (χ2v) is 23.6. The average Bonchev–Trinajstić information content (AvgIpc) is 4.22. The Balaban J connectivity index is -0.000000180. The topological polar surface area (TPSA) is 91.5 Å². The van der Waals surface area contributed by atoms with Crippen LogP contribution in [0.25, 0.3) is 21.1 Å². The minimum atomic E-state index is -0.211.